The number of anilines is 3. The van der Waals surface area contributed by atoms with Gasteiger partial charge in [0.1, 0.15) is 5.69 Å². The normalized spacial score (nSPS) is 16.5. The molecule has 1 atom stereocenters. The molecule has 6 heterocycles. The van der Waals surface area contributed by atoms with E-state index in [-0.39, 0.29) is 23.8 Å². The first-order valence-electron chi connectivity index (χ1n) is 14.9. The molecule has 0 bridgehead atoms. The van der Waals surface area contributed by atoms with Gasteiger partial charge in [0.2, 0.25) is 11.9 Å². The summed E-state index contributed by atoms with van der Waals surface area (Å²) in [7, 11) is 0. The van der Waals surface area contributed by atoms with Gasteiger partial charge in [0.15, 0.2) is 11.5 Å². The van der Waals surface area contributed by atoms with Crippen molar-refractivity contribution in [1.29, 1.82) is 0 Å². The maximum absolute atomic E-state index is 13.3. The van der Waals surface area contributed by atoms with E-state index in [1.54, 1.807) is 36.9 Å². The van der Waals surface area contributed by atoms with E-state index >= 15 is 0 Å². The number of morpholine rings is 1. The van der Waals surface area contributed by atoms with Gasteiger partial charge in [-0.1, -0.05) is 6.07 Å². The van der Waals surface area contributed by atoms with E-state index in [9.17, 15) is 9.59 Å². The van der Waals surface area contributed by atoms with Gasteiger partial charge in [-0.25, -0.2) is 19.9 Å². The number of aromatic nitrogens is 5. The number of benzene rings is 1. The number of hydrogen-bond donors (Lipinski definition) is 2. The van der Waals surface area contributed by atoms with Gasteiger partial charge in [0.05, 0.1) is 25.5 Å². The van der Waals surface area contributed by atoms with Crippen LogP contribution in [0.1, 0.15) is 41.2 Å². The van der Waals surface area contributed by atoms with Crippen LogP contribution in [0.5, 0.6) is 0 Å². The van der Waals surface area contributed by atoms with Crippen molar-refractivity contribution in [2.45, 2.75) is 39.3 Å². The number of nitrogens with two attached hydrogens (primary N) is 1. The van der Waals surface area contributed by atoms with E-state index in [2.05, 4.69) is 51.4 Å². The number of carbonyl (C=O) groups is 2. The van der Waals surface area contributed by atoms with E-state index in [1.165, 1.54) is 5.56 Å². The number of nitrogens with one attached hydrogen (secondary N) is 1. The molecule has 1 saturated heterocycles. The number of thiophene rings is 1. The monoisotopic (exact) mass is 623 g/mol. The number of amides is 2. The Morgan fingerprint density at radius 3 is 2.64 bits per heavy atom. The molecule has 13 heteroatoms. The standard InChI is InChI=1S/C32H33N9O3S/c1-19-3-4-21-13-22(5-7-27(21)41(19)20(2)42)28-8-6-24(45-28)16-34-31(43)26-18-40-17-25(23-14-35-32(33)36-15-23)37-29(30(40)38-26)39-9-11-44-12-10-39/h5-8,13-15,17-19H,3-4,9-12,16H2,1-2H3,(H,34,43)(H2,33,35,36). The van der Waals surface area contributed by atoms with Crippen molar-refractivity contribution in [3.05, 3.63) is 71.3 Å². The highest BCUT2D eigenvalue weighted by Crippen LogP contribution is 2.36. The number of hydrogen-bond acceptors (Lipinski definition) is 10. The summed E-state index contributed by atoms with van der Waals surface area (Å²) in [5.74, 6) is 0.652. The lowest BCUT2D eigenvalue weighted by Crippen LogP contribution is -2.40. The van der Waals surface area contributed by atoms with Crippen LogP contribution < -0.4 is 20.9 Å². The van der Waals surface area contributed by atoms with Gasteiger partial charge < -0.3 is 30.0 Å². The number of nitrogens with zero attached hydrogens (tertiary/aromatic N) is 7. The quantitative estimate of drug-likeness (QED) is 0.287. The van der Waals surface area contributed by atoms with Crippen LogP contribution in [0.4, 0.5) is 17.5 Å². The number of aryl methyl sites for hydroxylation is 1. The van der Waals surface area contributed by atoms with Crippen LogP contribution in [0.25, 0.3) is 27.3 Å². The van der Waals surface area contributed by atoms with Crippen LogP contribution in [0.15, 0.2) is 55.1 Å². The lowest BCUT2D eigenvalue weighted by molar-refractivity contribution is -0.117. The van der Waals surface area contributed by atoms with Gasteiger partial charge in [-0.3, -0.25) is 9.59 Å². The minimum Gasteiger partial charge on any atom is -0.378 e. The second-order valence-corrected chi connectivity index (χ2v) is 12.5. The Morgan fingerprint density at radius 1 is 1.07 bits per heavy atom. The molecule has 45 heavy (non-hydrogen) atoms. The molecule has 0 saturated carbocycles. The van der Waals surface area contributed by atoms with Crippen molar-refractivity contribution in [2.75, 3.05) is 41.8 Å². The van der Waals surface area contributed by atoms with Gasteiger partial charge in [-0.2, -0.15) is 0 Å². The number of fused-ring (bicyclic) bond motifs is 2. The number of nitrogen functional groups attached to an aromatic ring is 1. The molecule has 12 nitrogen and oxygen atoms in total. The summed E-state index contributed by atoms with van der Waals surface area (Å²) < 4.78 is 7.37. The van der Waals surface area contributed by atoms with Crippen LogP contribution >= 0.6 is 11.3 Å². The molecule has 2 aliphatic rings. The summed E-state index contributed by atoms with van der Waals surface area (Å²) in [5, 5.41) is 3.03. The van der Waals surface area contributed by atoms with Crippen molar-refractivity contribution in [3.63, 3.8) is 0 Å². The van der Waals surface area contributed by atoms with Crippen molar-refractivity contribution in [3.8, 4) is 21.7 Å². The van der Waals surface area contributed by atoms with E-state index in [0.717, 1.165) is 33.8 Å². The average Bonchev–Trinajstić information content (AvgIpc) is 3.71. The summed E-state index contributed by atoms with van der Waals surface area (Å²) in [6.45, 7) is 6.59. The summed E-state index contributed by atoms with van der Waals surface area (Å²) in [4.78, 5) is 49.5. The predicted octanol–water partition coefficient (Wildman–Crippen LogP) is 3.95. The molecule has 0 aliphatic carbocycles. The molecule has 1 fully saturated rings. The second kappa shape index (κ2) is 11.9. The minimum atomic E-state index is -0.272. The zero-order chi connectivity index (χ0) is 31.1. The highest BCUT2D eigenvalue weighted by molar-refractivity contribution is 7.15. The van der Waals surface area contributed by atoms with Crippen LogP contribution in [-0.4, -0.2) is 68.5 Å². The number of imidazole rings is 1. The van der Waals surface area contributed by atoms with E-state index < -0.39 is 0 Å². The zero-order valence-electron chi connectivity index (χ0n) is 25.1. The van der Waals surface area contributed by atoms with E-state index in [4.69, 9.17) is 20.4 Å². The highest BCUT2D eigenvalue weighted by atomic mass is 32.1. The summed E-state index contributed by atoms with van der Waals surface area (Å²) in [6, 6.07) is 10.6. The molecule has 7 rings (SSSR count). The third kappa shape index (κ3) is 5.71. The molecule has 5 aromatic rings. The van der Waals surface area contributed by atoms with Crippen LogP contribution in [0, 0.1) is 0 Å². The fraction of sp³-hybridized carbons (Fsp3) is 0.312. The fourth-order valence-electron chi connectivity index (χ4n) is 5.96. The summed E-state index contributed by atoms with van der Waals surface area (Å²) in [5.41, 5.74) is 11.2. The molecular weight excluding hydrogens is 590 g/mol. The maximum atomic E-state index is 13.3. The largest absolute Gasteiger partial charge is 0.378 e. The highest BCUT2D eigenvalue weighted by Gasteiger charge is 2.26. The van der Waals surface area contributed by atoms with Crippen molar-refractivity contribution in [1.82, 2.24) is 29.7 Å². The van der Waals surface area contributed by atoms with Crippen molar-refractivity contribution >= 4 is 46.3 Å². The lowest BCUT2D eigenvalue weighted by atomic mass is 9.94. The average molecular weight is 624 g/mol. The summed E-state index contributed by atoms with van der Waals surface area (Å²) in [6.07, 6.45) is 8.69. The van der Waals surface area contributed by atoms with Crippen molar-refractivity contribution < 1.29 is 14.3 Å². The van der Waals surface area contributed by atoms with Gasteiger partial charge in [0, 0.05) is 71.8 Å². The molecule has 1 aromatic carbocycles. The Hall–Kier alpha value is -4.88. The maximum Gasteiger partial charge on any atom is 0.271 e. The number of rotatable bonds is 6. The fourth-order valence-corrected chi connectivity index (χ4v) is 6.90. The molecule has 230 valence electrons. The SMILES string of the molecule is CC(=O)N1c2ccc(-c3ccc(CNC(=O)c4cn5cc(-c6cnc(N)nc6)nc(N6CCOCC6)c5n4)s3)cc2CCC1C. The Labute approximate surface area is 263 Å². The molecule has 1 unspecified atom stereocenters. The van der Waals surface area contributed by atoms with E-state index in [1.807, 2.05) is 21.6 Å². The van der Waals surface area contributed by atoms with Gasteiger partial charge in [-0.15, -0.1) is 11.3 Å². The molecular formula is C32H33N9O3S. The molecule has 3 N–H and O–H groups in total. The Kier molecular flexibility index (Phi) is 7.63. The van der Waals surface area contributed by atoms with Crippen molar-refractivity contribution in [2.24, 2.45) is 0 Å². The summed E-state index contributed by atoms with van der Waals surface area (Å²) >= 11 is 1.64. The van der Waals surface area contributed by atoms with Crippen LogP contribution in [-0.2, 0) is 22.5 Å². The third-order valence-electron chi connectivity index (χ3n) is 8.25. The molecule has 0 spiro atoms. The topological polar surface area (TPSA) is 144 Å². The Morgan fingerprint density at radius 2 is 1.87 bits per heavy atom. The molecule has 2 amide bonds. The predicted molar refractivity (Wildman–Crippen MR) is 173 cm³/mol. The Bertz CT molecular complexity index is 1900. The number of ether oxygens (including phenoxy) is 1. The molecule has 0 radical (unpaired) electrons. The van der Waals surface area contributed by atoms with Gasteiger partial charge in [0.25, 0.3) is 5.91 Å². The zero-order valence-corrected chi connectivity index (χ0v) is 25.9. The lowest BCUT2D eigenvalue weighted by Gasteiger charge is -2.34. The molecule has 2 aliphatic heterocycles. The minimum absolute atomic E-state index is 0.0707. The number of carbonyl (C=O) groups excluding carboxylic acids is 2. The second-order valence-electron chi connectivity index (χ2n) is 11.3. The Balaban J connectivity index is 1.10. The first-order valence-corrected chi connectivity index (χ1v) is 15.8. The van der Waals surface area contributed by atoms with Crippen LogP contribution in [0.3, 0.4) is 0 Å². The first kappa shape index (κ1) is 28.9. The van der Waals surface area contributed by atoms with Gasteiger partial charge in [-0.05, 0) is 55.2 Å². The van der Waals surface area contributed by atoms with Crippen LogP contribution in [0.2, 0.25) is 0 Å². The van der Waals surface area contributed by atoms with Gasteiger partial charge >= 0.3 is 0 Å². The third-order valence-corrected chi connectivity index (χ3v) is 9.39. The smallest absolute Gasteiger partial charge is 0.271 e. The first-order chi connectivity index (χ1) is 21.8. The van der Waals surface area contributed by atoms with E-state index in [0.29, 0.717) is 61.3 Å². The molecule has 4 aromatic heterocycles.